The molecule has 0 unspecified atom stereocenters. The monoisotopic (exact) mass is 318 g/mol. The maximum absolute atomic E-state index is 12.7. The van der Waals surface area contributed by atoms with Crippen LogP contribution in [0.15, 0.2) is 33.9 Å². The molecule has 8 heteroatoms. The topological polar surface area (TPSA) is 44.0 Å². The van der Waals surface area contributed by atoms with E-state index in [1.807, 2.05) is 0 Å². The highest BCUT2D eigenvalue weighted by Crippen LogP contribution is 2.27. The normalized spacial score (nSPS) is 11.7. The Bertz CT molecular complexity index is 822. The lowest BCUT2D eigenvalue weighted by Crippen LogP contribution is -2.40. The molecular formula is C13H10ClF3N2O2. The van der Waals surface area contributed by atoms with Gasteiger partial charge in [-0.15, -0.1) is 0 Å². The number of alkyl halides is 3. The second-order valence-corrected chi connectivity index (χ2v) is 4.91. The van der Waals surface area contributed by atoms with Gasteiger partial charge in [0, 0.05) is 18.1 Å². The molecule has 0 aliphatic heterocycles. The zero-order chi connectivity index (χ0) is 15.9. The van der Waals surface area contributed by atoms with E-state index in [0.717, 1.165) is 7.05 Å². The summed E-state index contributed by atoms with van der Waals surface area (Å²) in [6.45, 7) is 1.60. The summed E-state index contributed by atoms with van der Waals surface area (Å²) in [5.74, 6) is 0. The molecule has 0 fully saturated rings. The zero-order valence-electron chi connectivity index (χ0n) is 11.0. The van der Waals surface area contributed by atoms with E-state index in [1.165, 1.54) is 18.2 Å². The highest BCUT2D eigenvalue weighted by molar-refractivity contribution is 6.30. The van der Waals surface area contributed by atoms with Gasteiger partial charge < -0.3 is 0 Å². The molecule has 2 aromatic rings. The average Bonchev–Trinajstić information content (AvgIpc) is 2.35. The molecule has 0 aliphatic carbocycles. The van der Waals surface area contributed by atoms with Crippen molar-refractivity contribution in [1.29, 1.82) is 0 Å². The summed E-state index contributed by atoms with van der Waals surface area (Å²) in [5.41, 5.74) is -2.71. The van der Waals surface area contributed by atoms with E-state index in [0.29, 0.717) is 25.8 Å². The number of aromatic nitrogens is 2. The van der Waals surface area contributed by atoms with Crippen molar-refractivity contribution in [2.75, 3.05) is 0 Å². The molecular weight excluding hydrogens is 309 g/mol. The Labute approximate surface area is 122 Å². The fraction of sp³-hybridized carbons (Fsp3) is 0.231. The first-order valence-electron chi connectivity index (χ1n) is 5.79. The standard InChI is InChI=1S/C13H10ClF3N2O2/c1-7-5-8(14)3-4-9(7)19-11(20)6-10(13(15,16)17)18(2)12(19)21/h3-6H,1-2H3. The van der Waals surface area contributed by atoms with Crippen molar-refractivity contribution < 1.29 is 13.2 Å². The summed E-state index contributed by atoms with van der Waals surface area (Å²) in [6.07, 6.45) is -4.78. The molecule has 0 saturated heterocycles. The van der Waals surface area contributed by atoms with Gasteiger partial charge in [-0.1, -0.05) is 11.6 Å². The Morgan fingerprint density at radius 2 is 1.76 bits per heavy atom. The van der Waals surface area contributed by atoms with Crippen LogP contribution in [-0.2, 0) is 13.2 Å². The van der Waals surface area contributed by atoms with E-state index in [1.54, 1.807) is 6.92 Å². The van der Waals surface area contributed by atoms with Gasteiger partial charge in [-0.3, -0.25) is 9.36 Å². The van der Waals surface area contributed by atoms with Crippen molar-refractivity contribution in [2.45, 2.75) is 13.1 Å². The summed E-state index contributed by atoms with van der Waals surface area (Å²) >= 11 is 5.78. The summed E-state index contributed by atoms with van der Waals surface area (Å²) < 4.78 is 39.3. The second-order valence-electron chi connectivity index (χ2n) is 4.47. The number of nitrogens with zero attached hydrogens (tertiary/aromatic N) is 2. The number of hydrogen-bond donors (Lipinski definition) is 0. The van der Waals surface area contributed by atoms with E-state index in [2.05, 4.69) is 0 Å². The van der Waals surface area contributed by atoms with Crippen molar-refractivity contribution in [1.82, 2.24) is 9.13 Å². The Morgan fingerprint density at radius 1 is 1.14 bits per heavy atom. The summed E-state index contributed by atoms with van der Waals surface area (Å²) in [7, 11) is 0.965. The molecule has 0 aliphatic rings. The third kappa shape index (κ3) is 2.73. The summed E-state index contributed by atoms with van der Waals surface area (Å²) in [4.78, 5) is 24.0. The van der Waals surface area contributed by atoms with Crippen molar-refractivity contribution in [3.05, 3.63) is 61.4 Å². The number of aryl methyl sites for hydroxylation is 1. The van der Waals surface area contributed by atoms with Crippen LogP contribution >= 0.6 is 11.6 Å². The zero-order valence-corrected chi connectivity index (χ0v) is 11.8. The molecule has 1 heterocycles. The lowest BCUT2D eigenvalue weighted by atomic mass is 10.2. The van der Waals surface area contributed by atoms with Crippen LogP contribution in [0.4, 0.5) is 13.2 Å². The van der Waals surface area contributed by atoms with Crippen LogP contribution in [0.3, 0.4) is 0 Å². The molecule has 21 heavy (non-hydrogen) atoms. The van der Waals surface area contributed by atoms with Crippen molar-refractivity contribution >= 4 is 11.6 Å². The van der Waals surface area contributed by atoms with Gasteiger partial charge in [0.2, 0.25) is 0 Å². The molecule has 0 N–H and O–H groups in total. The molecule has 2 rings (SSSR count). The van der Waals surface area contributed by atoms with E-state index in [4.69, 9.17) is 11.6 Å². The van der Waals surface area contributed by atoms with Crippen molar-refractivity contribution in [2.24, 2.45) is 7.05 Å². The van der Waals surface area contributed by atoms with E-state index < -0.39 is 23.1 Å². The highest BCUT2D eigenvalue weighted by Gasteiger charge is 2.35. The SMILES string of the molecule is Cc1cc(Cl)ccc1-n1c(=O)cc(C(F)(F)F)n(C)c1=O. The number of halogens is 4. The van der Waals surface area contributed by atoms with E-state index >= 15 is 0 Å². The first-order chi connectivity index (χ1) is 9.62. The van der Waals surface area contributed by atoms with Gasteiger partial charge in [0.25, 0.3) is 5.56 Å². The molecule has 0 saturated carbocycles. The largest absolute Gasteiger partial charge is 0.431 e. The molecule has 1 aromatic carbocycles. The predicted molar refractivity (Wildman–Crippen MR) is 72.0 cm³/mol. The van der Waals surface area contributed by atoms with Gasteiger partial charge in [0.15, 0.2) is 0 Å². The number of hydrogen-bond acceptors (Lipinski definition) is 2. The Kier molecular flexibility index (Phi) is 3.71. The summed E-state index contributed by atoms with van der Waals surface area (Å²) in [6, 6.07) is 4.77. The third-order valence-electron chi connectivity index (χ3n) is 3.01. The Hall–Kier alpha value is -2.02. The van der Waals surface area contributed by atoms with Crippen LogP contribution in [0.25, 0.3) is 5.69 Å². The van der Waals surface area contributed by atoms with Gasteiger partial charge >= 0.3 is 11.9 Å². The molecule has 1 aromatic heterocycles. The van der Waals surface area contributed by atoms with Gasteiger partial charge in [-0.25, -0.2) is 9.36 Å². The second kappa shape index (κ2) is 5.07. The molecule has 112 valence electrons. The summed E-state index contributed by atoms with van der Waals surface area (Å²) in [5, 5.41) is 0.396. The minimum Gasteiger partial charge on any atom is -0.292 e. The van der Waals surface area contributed by atoms with Crippen LogP contribution in [0.1, 0.15) is 11.3 Å². The van der Waals surface area contributed by atoms with Gasteiger partial charge in [0.1, 0.15) is 5.69 Å². The number of rotatable bonds is 1. The van der Waals surface area contributed by atoms with E-state index in [-0.39, 0.29) is 5.69 Å². The molecule has 0 bridgehead atoms. The van der Waals surface area contributed by atoms with Crippen molar-refractivity contribution in [3.8, 4) is 5.69 Å². The Balaban J connectivity index is 2.82. The van der Waals surface area contributed by atoms with Gasteiger partial charge in [0.05, 0.1) is 5.69 Å². The minimum absolute atomic E-state index is 0.193. The van der Waals surface area contributed by atoms with Crippen LogP contribution in [0.5, 0.6) is 0 Å². The van der Waals surface area contributed by atoms with Gasteiger partial charge in [-0.2, -0.15) is 13.2 Å². The fourth-order valence-electron chi connectivity index (χ4n) is 1.99. The van der Waals surface area contributed by atoms with Gasteiger partial charge in [-0.05, 0) is 30.7 Å². The maximum Gasteiger partial charge on any atom is 0.431 e. The first kappa shape index (κ1) is 15.4. The lowest BCUT2D eigenvalue weighted by Gasteiger charge is -2.15. The average molecular weight is 319 g/mol. The number of benzene rings is 1. The maximum atomic E-state index is 12.7. The predicted octanol–water partition coefficient (Wildman–Crippen LogP) is 2.52. The quantitative estimate of drug-likeness (QED) is 0.811. The molecule has 0 amide bonds. The highest BCUT2D eigenvalue weighted by atomic mass is 35.5. The lowest BCUT2D eigenvalue weighted by molar-refractivity contribution is -0.144. The third-order valence-corrected chi connectivity index (χ3v) is 3.25. The minimum atomic E-state index is -4.78. The molecule has 0 radical (unpaired) electrons. The Morgan fingerprint density at radius 3 is 2.29 bits per heavy atom. The first-order valence-corrected chi connectivity index (χ1v) is 6.17. The molecule has 0 spiro atoms. The smallest absolute Gasteiger partial charge is 0.292 e. The van der Waals surface area contributed by atoms with E-state index in [9.17, 15) is 22.8 Å². The van der Waals surface area contributed by atoms with Crippen LogP contribution in [0, 0.1) is 6.92 Å². The molecule has 0 atom stereocenters. The van der Waals surface area contributed by atoms with Crippen molar-refractivity contribution in [3.63, 3.8) is 0 Å². The fourth-order valence-corrected chi connectivity index (χ4v) is 2.22. The van der Waals surface area contributed by atoms with Crippen LogP contribution in [-0.4, -0.2) is 9.13 Å². The van der Waals surface area contributed by atoms with Crippen LogP contribution in [0.2, 0.25) is 5.02 Å². The van der Waals surface area contributed by atoms with Crippen LogP contribution < -0.4 is 11.2 Å². The molecule has 4 nitrogen and oxygen atoms in total.